The first-order valence-corrected chi connectivity index (χ1v) is 23.5. The zero-order valence-corrected chi connectivity index (χ0v) is 37.5. The number of hydrogen-bond donors (Lipinski definition) is 0. The monoisotopic (exact) mass is 892 g/mol. The summed E-state index contributed by atoms with van der Waals surface area (Å²) in [5, 5.41) is 0. The second-order valence-corrected chi connectivity index (χ2v) is 17.3. The minimum Gasteiger partial charge on any atom is -0.456 e. The van der Waals surface area contributed by atoms with Crippen LogP contribution < -0.4 is 28.4 Å². The maximum atomic E-state index is 6.46. The molecule has 0 aliphatic carbocycles. The topological polar surface area (TPSA) is 94.1 Å². The second kappa shape index (κ2) is 18.1. The van der Waals surface area contributed by atoms with Gasteiger partial charge in [0.25, 0.3) is 12.7 Å². The average molecular weight is 893 g/mol. The SMILES string of the molecule is [c-]1n(-c2ccccc2N2CCCCC2)c2ccccc2[n+]1-c1cncc(Oc2ccnc(-c3cc(Oc4cncc(-[n+]5[c-]n(-c6ccccc6N6CCCCC6)c6ccccc65)c4)ccn3)c2)c1. The molecule has 12 rings (SSSR count). The lowest BCUT2D eigenvalue weighted by molar-refractivity contribution is -0.573. The Balaban J connectivity index is 0.794. The molecule has 10 aromatic rings. The van der Waals surface area contributed by atoms with E-state index in [4.69, 9.17) is 9.47 Å². The molecule has 12 nitrogen and oxygen atoms in total. The van der Waals surface area contributed by atoms with Gasteiger partial charge >= 0.3 is 0 Å². The molecule has 12 heteroatoms. The van der Waals surface area contributed by atoms with Gasteiger partial charge in [-0.15, -0.1) is 0 Å². The van der Waals surface area contributed by atoms with Gasteiger partial charge in [0.15, 0.2) is 0 Å². The Morgan fingerprint density at radius 1 is 0.412 bits per heavy atom. The highest BCUT2D eigenvalue weighted by Crippen LogP contribution is 2.33. The normalized spacial score (nSPS) is 14.1. The Hall–Kier alpha value is -8.38. The predicted octanol–water partition coefficient (Wildman–Crippen LogP) is 10.5. The number of nitrogens with zero attached hydrogens (tertiary/aromatic N) is 10. The molecule has 6 aromatic heterocycles. The van der Waals surface area contributed by atoms with Crippen LogP contribution in [0.2, 0.25) is 0 Å². The van der Waals surface area contributed by atoms with Gasteiger partial charge in [0, 0.05) is 74.5 Å². The molecule has 0 bridgehead atoms. The van der Waals surface area contributed by atoms with Gasteiger partial charge in [0.2, 0.25) is 0 Å². The molecule has 2 aliphatic rings. The highest BCUT2D eigenvalue weighted by molar-refractivity contribution is 5.79. The van der Waals surface area contributed by atoms with Crippen LogP contribution >= 0.6 is 0 Å². The summed E-state index contributed by atoms with van der Waals surface area (Å²) >= 11 is 0. The van der Waals surface area contributed by atoms with Crippen molar-refractivity contribution in [2.24, 2.45) is 0 Å². The fourth-order valence-corrected chi connectivity index (χ4v) is 9.64. The van der Waals surface area contributed by atoms with E-state index >= 15 is 0 Å². The van der Waals surface area contributed by atoms with Gasteiger partial charge < -0.3 is 19.3 Å². The van der Waals surface area contributed by atoms with E-state index in [-0.39, 0.29) is 0 Å². The third-order valence-corrected chi connectivity index (χ3v) is 12.9. The van der Waals surface area contributed by atoms with Crippen molar-refractivity contribution in [1.82, 2.24) is 29.1 Å². The van der Waals surface area contributed by atoms with Gasteiger partial charge in [-0.2, -0.15) is 0 Å². The largest absolute Gasteiger partial charge is 0.456 e. The maximum absolute atomic E-state index is 6.46. The number of anilines is 2. The first kappa shape index (κ1) is 41.1. The Kier molecular flexibility index (Phi) is 11.0. The maximum Gasteiger partial charge on any atom is 0.269 e. The quantitative estimate of drug-likeness (QED) is 0.0936. The first-order chi connectivity index (χ1) is 33.7. The smallest absolute Gasteiger partial charge is 0.269 e. The van der Waals surface area contributed by atoms with Crippen LogP contribution in [0.5, 0.6) is 23.0 Å². The molecule has 2 aliphatic heterocycles. The predicted molar refractivity (Wildman–Crippen MR) is 263 cm³/mol. The fourth-order valence-electron chi connectivity index (χ4n) is 9.64. The fraction of sp³-hybridized carbons (Fsp3) is 0.179. The Morgan fingerprint density at radius 2 is 0.824 bits per heavy atom. The number of pyridine rings is 4. The summed E-state index contributed by atoms with van der Waals surface area (Å²) < 4.78 is 21.3. The molecule has 0 amide bonds. The highest BCUT2D eigenvalue weighted by atomic mass is 16.5. The number of imidazole rings is 2. The van der Waals surface area contributed by atoms with E-state index < -0.39 is 0 Å². The van der Waals surface area contributed by atoms with E-state index in [1.807, 2.05) is 57.9 Å². The number of fused-ring (bicyclic) bond motifs is 2. The van der Waals surface area contributed by atoms with E-state index in [0.717, 1.165) is 71.0 Å². The third kappa shape index (κ3) is 8.04. The van der Waals surface area contributed by atoms with Gasteiger partial charge in [-0.1, -0.05) is 72.8 Å². The lowest BCUT2D eigenvalue weighted by Gasteiger charge is -2.30. The Morgan fingerprint density at radius 3 is 1.28 bits per heavy atom. The minimum absolute atomic E-state index is 0.577. The van der Waals surface area contributed by atoms with Crippen molar-refractivity contribution >= 4 is 33.4 Å². The molecule has 0 N–H and O–H groups in total. The summed E-state index contributed by atoms with van der Waals surface area (Å²) in [4.78, 5) is 23.5. The van der Waals surface area contributed by atoms with E-state index in [9.17, 15) is 0 Å². The summed E-state index contributed by atoms with van der Waals surface area (Å²) in [7, 11) is 0. The van der Waals surface area contributed by atoms with Crippen LogP contribution in [0.4, 0.5) is 11.4 Å². The summed E-state index contributed by atoms with van der Waals surface area (Å²) in [6.45, 7) is 4.22. The molecule has 2 fully saturated rings. The lowest BCUT2D eigenvalue weighted by atomic mass is 10.1. The van der Waals surface area contributed by atoms with Crippen LogP contribution in [0, 0.1) is 12.7 Å². The van der Waals surface area contributed by atoms with Crippen LogP contribution in [0.3, 0.4) is 0 Å². The molecule has 68 heavy (non-hydrogen) atoms. The summed E-state index contributed by atoms with van der Waals surface area (Å²) in [5.74, 6) is 2.34. The molecule has 2 saturated heterocycles. The molecule has 4 aromatic carbocycles. The summed E-state index contributed by atoms with van der Waals surface area (Å²) in [6.07, 6.45) is 25.2. The van der Waals surface area contributed by atoms with Crippen molar-refractivity contribution in [2.75, 3.05) is 36.0 Å². The lowest BCUT2D eigenvalue weighted by Crippen LogP contribution is -2.31. The van der Waals surface area contributed by atoms with Crippen molar-refractivity contribution in [3.05, 3.63) is 183 Å². The Labute approximate surface area is 394 Å². The first-order valence-electron chi connectivity index (χ1n) is 23.5. The highest BCUT2D eigenvalue weighted by Gasteiger charge is 2.21. The van der Waals surface area contributed by atoms with Gasteiger partial charge in [-0.25, -0.2) is 0 Å². The van der Waals surface area contributed by atoms with Gasteiger partial charge in [-0.3, -0.25) is 38.2 Å². The number of rotatable bonds is 11. The van der Waals surface area contributed by atoms with Crippen molar-refractivity contribution < 1.29 is 18.6 Å². The van der Waals surface area contributed by atoms with E-state index in [0.29, 0.717) is 34.4 Å². The van der Waals surface area contributed by atoms with Crippen molar-refractivity contribution in [1.29, 1.82) is 0 Å². The molecular formula is C56H48N10O2. The second-order valence-electron chi connectivity index (χ2n) is 17.3. The Bertz CT molecular complexity index is 3200. The number of para-hydroxylation sites is 8. The van der Waals surface area contributed by atoms with Crippen molar-refractivity contribution in [3.8, 4) is 57.1 Å². The summed E-state index contributed by atoms with van der Waals surface area (Å²) in [5.41, 5.74) is 11.7. The van der Waals surface area contributed by atoms with E-state index in [1.165, 1.54) is 49.9 Å². The number of hydrogen-bond acceptors (Lipinski definition) is 8. The van der Waals surface area contributed by atoms with Gasteiger partial charge in [-0.05, 0) is 87.1 Å². The van der Waals surface area contributed by atoms with Crippen molar-refractivity contribution in [2.45, 2.75) is 38.5 Å². The van der Waals surface area contributed by atoms with Crippen LogP contribution in [0.1, 0.15) is 38.5 Å². The van der Waals surface area contributed by atoms with Crippen LogP contribution in [0.25, 0.3) is 56.2 Å². The van der Waals surface area contributed by atoms with Crippen molar-refractivity contribution in [3.63, 3.8) is 0 Å². The molecule has 8 heterocycles. The summed E-state index contributed by atoms with van der Waals surface area (Å²) in [6, 6.07) is 45.3. The number of benzene rings is 4. The third-order valence-electron chi connectivity index (χ3n) is 12.9. The van der Waals surface area contributed by atoms with Crippen LogP contribution in [-0.4, -0.2) is 55.2 Å². The molecule has 0 radical (unpaired) electrons. The molecular weight excluding hydrogens is 845 g/mol. The van der Waals surface area contributed by atoms with Crippen LogP contribution in [0.15, 0.2) is 171 Å². The number of aromatic nitrogens is 8. The molecule has 0 spiro atoms. The number of ether oxygens (including phenoxy) is 2. The molecule has 0 atom stereocenters. The zero-order chi connectivity index (χ0) is 45.2. The minimum atomic E-state index is 0.577. The standard InChI is InChI=1S/C56H48N10O2/c1-11-27-61(28-12-1)49-15-3-5-17-51(49)65-39-63(53-19-7-9-21-55(53)65)41-31-45(37-57-35-41)67-43-23-25-59-47(33-43)48-34-44(24-26-60-48)68-46-32-42(36-58-38-46)64-40-66(56-22-10-8-20-54(56)64)52-18-6-4-16-50(52)62-29-13-2-14-30-62/h3-10,15-26,31-38H,1-2,11-14,27-30H2. The van der Waals surface area contributed by atoms with E-state index in [2.05, 4.69) is 149 Å². The van der Waals surface area contributed by atoms with Gasteiger partial charge in [0.05, 0.1) is 68.6 Å². The van der Waals surface area contributed by atoms with Crippen LogP contribution in [-0.2, 0) is 0 Å². The number of piperidine rings is 2. The average Bonchev–Trinajstić information content (AvgIpc) is 3.99. The molecule has 0 saturated carbocycles. The molecule has 0 unspecified atom stereocenters. The van der Waals surface area contributed by atoms with Gasteiger partial charge in [0.1, 0.15) is 23.0 Å². The zero-order valence-electron chi connectivity index (χ0n) is 37.5. The van der Waals surface area contributed by atoms with E-state index in [1.54, 1.807) is 24.8 Å². The molecule has 334 valence electrons.